The Kier molecular flexibility index (Phi) is 6.17. The van der Waals surface area contributed by atoms with E-state index in [9.17, 15) is 19.5 Å². The number of nitrogens with two attached hydrogens (primary N) is 1. The lowest BCUT2D eigenvalue weighted by atomic mass is 10.1. The fourth-order valence-corrected chi connectivity index (χ4v) is 3.47. The van der Waals surface area contributed by atoms with Crippen LogP contribution < -0.4 is 21.8 Å². The van der Waals surface area contributed by atoms with Crippen LogP contribution in [-0.4, -0.2) is 36.6 Å². The van der Waals surface area contributed by atoms with E-state index in [4.69, 9.17) is 5.73 Å². The largest absolute Gasteiger partial charge is 0.477 e. The summed E-state index contributed by atoms with van der Waals surface area (Å²) in [5.41, 5.74) is 7.05. The highest BCUT2D eigenvalue weighted by Gasteiger charge is 2.21. The number of urea groups is 1. The summed E-state index contributed by atoms with van der Waals surface area (Å²) in [7, 11) is 0. The van der Waals surface area contributed by atoms with Crippen LogP contribution >= 0.6 is 0 Å². The Balaban J connectivity index is 1.56. The van der Waals surface area contributed by atoms with E-state index >= 15 is 0 Å². The van der Waals surface area contributed by atoms with Gasteiger partial charge in [-0.15, -0.1) is 0 Å². The van der Waals surface area contributed by atoms with Crippen molar-refractivity contribution in [3.05, 3.63) is 76.3 Å². The second-order valence-corrected chi connectivity index (χ2v) is 7.32. The first-order valence-electron chi connectivity index (χ1n) is 10.4. The summed E-state index contributed by atoms with van der Waals surface area (Å²) in [4.78, 5) is 48.9. The first-order valence-corrected chi connectivity index (χ1v) is 10.4. The number of carboxylic acid groups (broad SMARTS) is 1. The number of carboxylic acids is 1. The zero-order valence-corrected chi connectivity index (χ0v) is 18.1. The number of pyridine rings is 2. The smallest absolute Gasteiger partial charge is 0.343 e. The highest BCUT2D eigenvalue weighted by atomic mass is 16.4. The quantitative estimate of drug-likeness (QED) is 0.341. The third-order valence-electron chi connectivity index (χ3n) is 5.15. The van der Waals surface area contributed by atoms with Gasteiger partial charge in [0.1, 0.15) is 17.0 Å². The van der Waals surface area contributed by atoms with Crippen molar-refractivity contribution in [2.45, 2.75) is 20.0 Å². The summed E-state index contributed by atoms with van der Waals surface area (Å²) in [5.74, 6) is -1.23. The molecule has 0 aliphatic rings. The highest BCUT2D eigenvalue weighted by Crippen LogP contribution is 2.22. The fraction of sp³-hybridized carbons (Fsp3) is 0.130. The molecule has 3 heterocycles. The molecule has 5 N–H and O–H groups in total. The Hall–Kier alpha value is -4.80. The van der Waals surface area contributed by atoms with Gasteiger partial charge in [0.15, 0.2) is 5.82 Å². The maximum Gasteiger partial charge on any atom is 0.343 e. The third kappa shape index (κ3) is 4.39. The average Bonchev–Trinajstić information content (AvgIpc) is 2.84. The second kappa shape index (κ2) is 9.36. The summed E-state index contributed by atoms with van der Waals surface area (Å²) in [6, 6.07) is 10.1. The standard InChI is InChI=1S/C23H21N7O4/c1-2-30-19(24)17(22(32)33)18(31)16-12-26-20(29-21(16)30)14-5-7-15(8-6-14)28-23(34)27-11-13-4-3-9-25-10-13/h3-10,12H,2,11,24H2,1H3,(H,32,33)(H2,27,28,34). The van der Waals surface area contributed by atoms with Crippen molar-refractivity contribution >= 4 is 34.5 Å². The molecular formula is C23H21N7O4. The van der Waals surface area contributed by atoms with Crippen molar-refractivity contribution in [1.82, 2.24) is 24.8 Å². The molecule has 172 valence electrons. The normalized spacial score (nSPS) is 10.7. The van der Waals surface area contributed by atoms with Gasteiger partial charge in [-0.1, -0.05) is 6.07 Å². The van der Waals surface area contributed by atoms with E-state index in [0.29, 0.717) is 30.2 Å². The van der Waals surface area contributed by atoms with Crippen LogP contribution in [0.2, 0.25) is 0 Å². The Morgan fingerprint density at radius 3 is 2.56 bits per heavy atom. The Labute approximate surface area is 193 Å². The number of nitrogen functional groups attached to an aromatic ring is 1. The molecular weight excluding hydrogens is 438 g/mol. The maximum atomic E-state index is 12.6. The minimum absolute atomic E-state index is 0.0702. The van der Waals surface area contributed by atoms with Crippen molar-refractivity contribution in [3.8, 4) is 11.4 Å². The van der Waals surface area contributed by atoms with Crippen LogP contribution in [0.1, 0.15) is 22.8 Å². The van der Waals surface area contributed by atoms with Gasteiger partial charge in [0.2, 0.25) is 5.43 Å². The zero-order valence-electron chi connectivity index (χ0n) is 18.1. The van der Waals surface area contributed by atoms with E-state index in [0.717, 1.165) is 5.56 Å². The van der Waals surface area contributed by atoms with Crippen molar-refractivity contribution in [3.63, 3.8) is 0 Å². The number of anilines is 2. The summed E-state index contributed by atoms with van der Waals surface area (Å²) < 4.78 is 1.47. The minimum Gasteiger partial charge on any atom is -0.477 e. The summed E-state index contributed by atoms with van der Waals surface area (Å²) in [5, 5.41) is 14.9. The Bertz CT molecular complexity index is 1430. The number of amides is 2. The number of nitrogens with one attached hydrogen (secondary N) is 2. The number of nitrogens with zero attached hydrogens (tertiary/aromatic N) is 4. The molecule has 0 radical (unpaired) electrons. The second-order valence-electron chi connectivity index (χ2n) is 7.32. The lowest BCUT2D eigenvalue weighted by Crippen LogP contribution is -2.28. The van der Waals surface area contributed by atoms with Crippen LogP contribution in [0.5, 0.6) is 0 Å². The van der Waals surface area contributed by atoms with Crippen molar-refractivity contribution in [1.29, 1.82) is 0 Å². The van der Waals surface area contributed by atoms with Gasteiger partial charge in [-0.2, -0.15) is 0 Å². The molecule has 3 aromatic heterocycles. The topological polar surface area (TPSA) is 165 Å². The van der Waals surface area contributed by atoms with Crippen LogP contribution in [0.25, 0.3) is 22.4 Å². The first kappa shape index (κ1) is 22.4. The van der Waals surface area contributed by atoms with Gasteiger partial charge in [-0.3, -0.25) is 9.78 Å². The number of rotatable bonds is 6. The van der Waals surface area contributed by atoms with E-state index in [1.807, 2.05) is 6.07 Å². The molecule has 0 atom stereocenters. The van der Waals surface area contributed by atoms with Gasteiger partial charge in [-0.05, 0) is 42.8 Å². The number of carbonyl (C=O) groups excluding carboxylic acids is 1. The maximum absolute atomic E-state index is 12.6. The lowest BCUT2D eigenvalue weighted by Gasteiger charge is -2.14. The number of aromatic nitrogens is 4. The van der Waals surface area contributed by atoms with Gasteiger partial charge in [0.25, 0.3) is 0 Å². The SMILES string of the molecule is CCn1c(N)c(C(=O)O)c(=O)c2cnc(-c3ccc(NC(=O)NCc4cccnc4)cc3)nc21. The predicted molar refractivity (Wildman–Crippen MR) is 126 cm³/mol. The van der Waals surface area contributed by atoms with Crippen LogP contribution in [-0.2, 0) is 13.1 Å². The van der Waals surface area contributed by atoms with Crippen molar-refractivity contribution in [2.75, 3.05) is 11.1 Å². The van der Waals surface area contributed by atoms with Gasteiger partial charge in [0, 0.05) is 42.9 Å². The number of hydrogen-bond acceptors (Lipinski definition) is 7. The number of fused-ring (bicyclic) bond motifs is 1. The Morgan fingerprint density at radius 2 is 1.91 bits per heavy atom. The number of carbonyl (C=O) groups is 2. The number of benzene rings is 1. The van der Waals surface area contributed by atoms with Crippen LogP contribution in [0.15, 0.2) is 59.8 Å². The molecule has 0 aliphatic heterocycles. The van der Waals surface area contributed by atoms with Crippen LogP contribution in [0.3, 0.4) is 0 Å². The molecule has 4 aromatic rings. The molecule has 11 heteroatoms. The van der Waals surface area contributed by atoms with Crippen LogP contribution in [0, 0.1) is 0 Å². The van der Waals surface area contributed by atoms with Gasteiger partial charge in [0.05, 0.1) is 5.39 Å². The molecule has 2 amide bonds. The molecule has 0 bridgehead atoms. The molecule has 1 aromatic carbocycles. The van der Waals surface area contributed by atoms with E-state index in [2.05, 4.69) is 25.6 Å². The summed E-state index contributed by atoms with van der Waals surface area (Å²) in [6.45, 7) is 2.43. The monoisotopic (exact) mass is 459 g/mol. The first-order chi connectivity index (χ1) is 16.4. The molecule has 4 rings (SSSR count). The molecule has 0 saturated heterocycles. The molecule has 0 unspecified atom stereocenters. The van der Waals surface area contributed by atoms with E-state index < -0.39 is 17.0 Å². The third-order valence-corrected chi connectivity index (χ3v) is 5.15. The molecule has 34 heavy (non-hydrogen) atoms. The van der Waals surface area contributed by atoms with Gasteiger partial charge < -0.3 is 26.0 Å². The number of aromatic carboxylic acids is 1. The zero-order chi connectivity index (χ0) is 24.2. The molecule has 11 nitrogen and oxygen atoms in total. The van der Waals surface area contributed by atoms with E-state index in [1.165, 1.54) is 10.8 Å². The van der Waals surface area contributed by atoms with E-state index in [1.54, 1.807) is 49.6 Å². The molecule has 0 saturated carbocycles. The average molecular weight is 459 g/mol. The van der Waals surface area contributed by atoms with Crippen molar-refractivity contribution < 1.29 is 14.7 Å². The number of hydrogen-bond donors (Lipinski definition) is 4. The molecule has 0 fully saturated rings. The predicted octanol–water partition coefficient (Wildman–Crippen LogP) is 2.48. The Morgan fingerprint density at radius 1 is 1.15 bits per heavy atom. The van der Waals surface area contributed by atoms with Crippen molar-refractivity contribution in [2.24, 2.45) is 0 Å². The molecule has 0 spiro atoms. The van der Waals surface area contributed by atoms with E-state index in [-0.39, 0.29) is 22.9 Å². The highest BCUT2D eigenvalue weighted by molar-refractivity contribution is 5.97. The number of aryl methyl sites for hydroxylation is 1. The minimum atomic E-state index is -1.40. The van der Waals surface area contributed by atoms with Gasteiger partial charge >= 0.3 is 12.0 Å². The van der Waals surface area contributed by atoms with Gasteiger partial charge in [-0.25, -0.2) is 19.6 Å². The summed E-state index contributed by atoms with van der Waals surface area (Å²) in [6.07, 6.45) is 4.64. The molecule has 0 aliphatic carbocycles. The fourth-order valence-electron chi connectivity index (χ4n) is 3.47. The lowest BCUT2D eigenvalue weighted by molar-refractivity contribution is 0.0696. The summed E-state index contributed by atoms with van der Waals surface area (Å²) >= 11 is 0. The van der Waals surface area contributed by atoms with Crippen LogP contribution in [0.4, 0.5) is 16.3 Å².